The third-order valence-corrected chi connectivity index (χ3v) is 4.01. The van der Waals surface area contributed by atoms with Crippen LogP contribution in [0.3, 0.4) is 0 Å². The molecule has 2 rings (SSSR count). The fourth-order valence-electron chi connectivity index (χ4n) is 1.50. The number of carboxylic acids is 1. The zero-order chi connectivity index (χ0) is 13.1. The molecule has 0 aliphatic rings. The molecule has 18 heavy (non-hydrogen) atoms. The lowest BCUT2D eigenvalue weighted by atomic mass is 10.2. The van der Waals surface area contributed by atoms with Gasteiger partial charge in [-0.3, -0.25) is 0 Å². The monoisotopic (exact) mass is 322 g/mol. The Morgan fingerprint density at radius 1 is 1.33 bits per heavy atom. The molecule has 0 atom stereocenters. The topological polar surface area (TPSA) is 37.3 Å². The van der Waals surface area contributed by atoms with E-state index in [2.05, 4.69) is 15.9 Å². The lowest BCUT2D eigenvalue weighted by Crippen LogP contribution is -1.94. The van der Waals surface area contributed by atoms with E-state index in [0.29, 0.717) is 5.57 Å². The molecule has 0 bridgehead atoms. The van der Waals surface area contributed by atoms with E-state index in [0.717, 1.165) is 19.8 Å². The number of aliphatic carboxylic acids is 1. The van der Waals surface area contributed by atoms with E-state index < -0.39 is 5.97 Å². The molecule has 1 aromatic heterocycles. The highest BCUT2D eigenvalue weighted by Crippen LogP contribution is 2.30. The molecule has 2 aromatic rings. The Balaban J connectivity index is 2.31. The molecule has 4 heteroatoms. The van der Waals surface area contributed by atoms with Crippen LogP contribution in [0.15, 0.2) is 46.4 Å². The summed E-state index contributed by atoms with van der Waals surface area (Å²) in [6, 6.07) is 12.0. The van der Waals surface area contributed by atoms with Gasteiger partial charge in [0.15, 0.2) is 0 Å². The predicted molar refractivity (Wildman–Crippen MR) is 78.7 cm³/mol. The van der Waals surface area contributed by atoms with Crippen molar-refractivity contribution in [3.63, 3.8) is 0 Å². The van der Waals surface area contributed by atoms with Crippen LogP contribution in [0.25, 0.3) is 16.5 Å². The molecule has 0 saturated heterocycles. The summed E-state index contributed by atoms with van der Waals surface area (Å²) in [5, 5.41) is 8.83. The number of carboxylic acid groups (broad SMARTS) is 1. The summed E-state index contributed by atoms with van der Waals surface area (Å²) >= 11 is 5.02. The molecule has 0 aliphatic carbocycles. The van der Waals surface area contributed by atoms with Crippen LogP contribution >= 0.6 is 27.3 Å². The molecule has 0 spiro atoms. The number of carbonyl (C=O) groups is 1. The van der Waals surface area contributed by atoms with Gasteiger partial charge in [-0.15, -0.1) is 11.3 Å². The van der Waals surface area contributed by atoms with Gasteiger partial charge < -0.3 is 5.11 Å². The molecule has 92 valence electrons. The van der Waals surface area contributed by atoms with Crippen molar-refractivity contribution < 1.29 is 9.90 Å². The maximum Gasteiger partial charge on any atom is 0.331 e. The molecule has 0 saturated carbocycles. The lowest BCUT2D eigenvalue weighted by Gasteiger charge is -1.97. The number of hydrogen-bond donors (Lipinski definition) is 1. The van der Waals surface area contributed by atoms with E-state index in [-0.39, 0.29) is 0 Å². The molecule has 1 heterocycles. The first-order valence-corrected chi connectivity index (χ1v) is 6.94. The standard InChI is InChI=1S/C14H11BrO2S/c1-9(14(16)17)7-12-5-6-13(18-12)10-3-2-4-11(15)8-10/h2-8H,1H3,(H,16,17). The van der Waals surface area contributed by atoms with E-state index in [1.807, 2.05) is 36.4 Å². The minimum Gasteiger partial charge on any atom is -0.478 e. The largest absolute Gasteiger partial charge is 0.478 e. The molecule has 0 amide bonds. The second-order valence-electron chi connectivity index (χ2n) is 3.84. The number of rotatable bonds is 3. The molecule has 0 unspecified atom stereocenters. The highest BCUT2D eigenvalue weighted by atomic mass is 79.9. The Kier molecular flexibility index (Phi) is 3.99. The van der Waals surface area contributed by atoms with Crippen molar-refractivity contribution in [1.82, 2.24) is 0 Å². The van der Waals surface area contributed by atoms with Crippen LogP contribution < -0.4 is 0 Å². The average molecular weight is 323 g/mol. The van der Waals surface area contributed by atoms with Crippen LogP contribution in [-0.2, 0) is 4.79 Å². The second-order valence-corrected chi connectivity index (χ2v) is 5.88. The van der Waals surface area contributed by atoms with Crippen molar-refractivity contribution in [3.8, 4) is 10.4 Å². The lowest BCUT2D eigenvalue weighted by molar-refractivity contribution is -0.132. The summed E-state index contributed by atoms with van der Waals surface area (Å²) in [4.78, 5) is 12.8. The number of thiophene rings is 1. The van der Waals surface area contributed by atoms with Crippen LogP contribution in [0.2, 0.25) is 0 Å². The SMILES string of the molecule is CC(=Cc1ccc(-c2cccc(Br)c2)s1)C(=O)O. The first-order chi connectivity index (χ1) is 8.56. The Labute approximate surface area is 118 Å². The van der Waals surface area contributed by atoms with Crippen LogP contribution in [0.4, 0.5) is 0 Å². The Hall–Kier alpha value is -1.39. The molecule has 2 nitrogen and oxygen atoms in total. The van der Waals surface area contributed by atoms with E-state index in [1.165, 1.54) is 0 Å². The zero-order valence-electron chi connectivity index (χ0n) is 9.68. The number of hydrogen-bond acceptors (Lipinski definition) is 2. The molecule has 0 fully saturated rings. The summed E-state index contributed by atoms with van der Waals surface area (Å²) < 4.78 is 1.03. The Bertz CT molecular complexity index is 614. The van der Waals surface area contributed by atoms with Gasteiger partial charge >= 0.3 is 5.97 Å². The van der Waals surface area contributed by atoms with Crippen molar-refractivity contribution in [2.24, 2.45) is 0 Å². The summed E-state index contributed by atoms with van der Waals surface area (Å²) in [5.74, 6) is -0.882. The maximum absolute atomic E-state index is 10.8. The van der Waals surface area contributed by atoms with Crippen molar-refractivity contribution in [2.75, 3.05) is 0 Å². The van der Waals surface area contributed by atoms with Gasteiger partial charge in [-0.1, -0.05) is 28.1 Å². The van der Waals surface area contributed by atoms with Gasteiger partial charge in [0.2, 0.25) is 0 Å². The van der Waals surface area contributed by atoms with Crippen molar-refractivity contribution in [3.05, 3.63) is 51.3 Å². The van der Waals surface area contributed by atoms with Gasteiger partial charge in [0.1, 0.15) is 0 Å². The first-order valence-electron chi connectivity index (χ1n) is 5.33. The third kappa shape index (κ3) is 3.09. The van der Waals surface area contributed by atoms with E-state index in [1.54, 1.807) is 24.3 Å². The summed E-state index contributed by atoms with van der Waals surface area (Å²) in [6.45, 7) is 1.60. The van der Waals surface area contributed by atoms with E-state index in [9.17, 15) is 4.79 Å². The molecule has 1 aromatic carbocycles. The Morgan fingerprint density at radius 3 is 2.78 bits per heavy atom. The van der Waals surface area contributed by atoms with E-state index >= 15 is 0 Å². The van der Waals surface area contributed by atoms with Gasteiger partial charge in [-0.2, -0.15) is 0 Å². The summed E-state index contributed by atoms with van der Waals surface area (Å²) in [5.41, 5.74) is 1.47. The predicted octanol–water partition coefficient (Wildman–Crippen LogP) is 4.67. The van der Waals surface area contributed by atoms with Crippen LogP contribution in [0.1, 0.15) is 11.8 Å². The highest BCUT2D eigenvalue weighted by molar-refractivity contribution is 9.10. The number of benzene rings is 1. The minimum absolute atomic E-state index is 0.345. The molecule has 0 radical (unpaired) electrons. The highest BCUT2D eigenvalue weighted by Gasteiger charge is 2.04. The van der Waals surface area contributed by atoms with Crippen LogP contribution in [-0.4, -0.2) is 11.1 Å². The zero-order valence-corrected chi connectivity index (χ0v) is 12.1. The molecular formula is C14H11BrO2S. The number of halogens is 1. The van der Waals surface area contributed by atoms with Gasteiger partial charge in [0.05, 0.1) is 0 Å². The first kappa shape index (κ1) is 13.1. The quantitative estimate of drug-likeness (QED) is 0.834. The smallest absolute Gasteiger partial charge is 0.331 e. The average Bonchev–Trinajstić information content (AvgIpc) is 2.77. The van der Waals surface area contributed by atoms with Gasteiger partial charge in [-0.05, 0) is 42.8 Å². The molecular weight excluding hydrogens is 312 g/mol. The third-order valence-electron chi connectivity index (χ3n) is 2.43. The fraction of sp³-hybridized carbons (Fsp3) is 0.0714. The molecule has 0 aliphatic heterocycles. The van der Waals surface area contributed by atoms with Crippen molar-refractivity contribution >= 4 is 39.3 Å². The van der Waals surface area contributed by atoms with E-state index in [4.69, 9.17) is 5.11 Å². The van der Waals surface area contributed by atoms with Gasteiger partial charge in [0, 0.05) is 19.8 Å². The normalized spacial score (nSPS) is 11.6. The maximum atomic E-state index is 10.8. The Morgan fingerprint density at radius 2 is 2.11 bits per heavy atom. The summed E-state index contributed by atoms with van der Waals surface area (Å²) in [6.07, 6.45) is 1.69. The second kappa shape index (κ2) is 5.50. The molecule has 1 N–H and O–H groups in total. The van der Waals surface area contributed by atoms with Gasteiger partial charge in [-0.25, -0.2) is 4.79 Å². The minimum atomic E-state index is -0.882. The fourth-order valence-corrected chi connectivity index (χ4v) is 2.91. The van der Waals surface area contributed by atoms with Crippen molar-refractivity contribution in [2.45, 2.75) is 6.92 Å². The van der Waals surface area contributed by atoms with Crippen LogP contribution in [0, 0.1) is 0 Å². The van der Waals surface area contributed by atoms with Crippen LogP contribution in [0.5, 0.6) is 0 Å². The summed E-state index contributed by atoms with van der Waals surface area (Å²) in [7, 11) is 0. The van der Waals surface area contributed by atoms with Crippen molar-refractivity contribution in [1.29, 1.82) is 0 Å². The van der Waals surface area contributed by atoms with Gasteiger partial charge in [0.25, 0.3) is 0 Å².